The summed E-state index contributed by atoms with van der Waals surface area (Å²) in [6.45, 7) is 6.43. The molecule has 3 rings (SSSR count). The second kappa shape index (κ2) is 14.0. The average Bonchev–Trinajstić information content (AvgIpc) is 2.95. The van der Waals surface area contributed by atoms with E-state index in [2.05, 4.69) is 11.9 Å². The average molecular weight is 528 g/mol. The van der Waals surface area contributed by atoms with Gasteiger partial charge in [-0.15, -0.1) is 6.58 Å². The number of carbonyl (C=O) groups is 1. The number of hydrogen-bond acceptors (Lipinski definition) is 7. The van der Waals surface area contributed by atoms with Crippen molar-refractivity contribution in [3.63, 3.8) is 0 Å². The monoisotopic (exact) mass is 527 g/mol. The van der Waals surface area contributed by atoms with Crippen molar-refractivity contribution in [1.82, 2.24) is 5.32 Å². The number of amides is 1. The number of nitriles is 1. The van der Waals surface area contributed by atoms with Crippen molar-refractivity contribution in [1.29, 1.82) is 5.26 Å². The Kier molecular flexibility index (Phi) is 10.2. The first-order valence-electron chi connectivity index (χ1n) is 12.2. The van der Waals surface area contributed by atoms with Gasteiger partial charge < -0.3 is 19.5 Å². The second-order valence-electron chi connectivity index (χ2n) is 8.35. The van der Waals surface area contributed by atoms with Crippen molar-refractivity contribution in [2.75, 3.05) is 13.7 Å². The molecule has 1 N–H and O–H groups in total. The van der Waals surface area contributed by atoms with Gasteiger partial charge in [0.1, 0.15) is 24.0 Å². The number of ether oxygens (including phenoxy) is 3. The summed E-state index contributed by atoms with van der Waals surface area (Å²) in [5, 5.41) is 23.4. The molecule has 9 nitrogen and oxygen atoms in total. The maximum atomic E-state index is 12.7. The Morgan fingerprint density at radius 3 is 2.38 bits per heavy atom. The molecule has 0 saturated heterocycles. The number of allylic oxidation sites excluding steroid dienone is 1. The van der Waals surface area contributed by atoms with Crippen molar-refractivity contribution in [3.8, 4) is 23.3 Å². The molecule has 0 heterocycles. The number of hydrogen-bond donors (Lipinski definition) is 1. The van der Waals surface area contributed by atoms with Crippen molar-refractivity contribution in [2.45, 2.75) is 26.5 Å². The molecule has 9 heteroatoms. The highest BCUT2D eigenvalue weighted by Crippen LogP contribution is 2.35. The Morgan fingerprint density at radius 1 is 1.10 bits per heavy atom. The maximum absolute atomic E-state index is 12.7. The summed E-state index contributed by atoms with van der Waals surface area (Å²) < 4.78 is 17.1. The van der Waals surface area contributed by atoms with Gasteiger partial charge in [-0.2, -0.15) is 5.26 Å². The van der Waals surface area contributed by atoms with Crippen molar-refractivity contribution in [2.24, 2.45) is 0 Å². The number of nitro benzene ring substituents is 1. The quantitative estimate of drug-likeness (QED) is 0.102. The van der Waals surface area contributed by atoms with E-state index in [0.29, 0.717) is 35.8 Å². The van der Waals surface area contributed by atoms with Crippen LogP contribution in [-0.2, 0) is 24.4 Å². The van der Waals surface area contributed by atoms with Gasteiger partial charge in [-0.3, -0.25) is 14.9 Å². The fraction of sp³-hybridized carbons (Fsp3) is 0.200. The lowest BCUT2D eigenvalue weighted by Gasteiger charge is -2.17. The Hall–Kier alpha value is -5.10. The summed E-state index contributed by atoms with van der Waals surface area (Å²) in [7, 11) is 1.58. The van der Waals surface area contributed by atoms with Crippen molar-refractivity contribution < 1.29 is 23.9 Å². The van der Waals surface area contributed by atoms with E-state index >= 15 is 0 Å². The SMILES string of the molecule is C=CCc1cc(/C=C(/C#N)C(=O)NCc2ccc(OC)cc2)cc(OCC)c1OCc1ccc([N+](=O)[O-])cc1. The van der Waals surface area contributed by atoms with Gasteiger partial charge in [0.25, 0.3) is 11.6 Å². The number of rotatable bonds is 13. The fourth-order valence-electron chi connectivity index (χ4n) is 3.71. The lowest BCUT2D eigenvalue weighted by atomic mass is 10.0. The normalized spacial score (nSPS) is 10.7. The number of benzene rings is 3. The molecule has 0 aromatic heterocycles. The zero-order valence-electron chi connectivity index (χ0n) is 21.8. The van der Waals surface area contributed by atoms with Crippen LogP contribution < -0.4 is 19.5 Å². The minimum absolute atomic E-state index is 0.00132. The van der Waals surface area contributed by atoms with E-state index in [9.17, 15) is 20.2 Å². The number of non-ortho nitro benzene ring substituents is 1. The lowest BCUT2D eigenvalue weighted by Crippen LogP contribution is -2.23. The van der Waals surface area contributed by atoms with Gasteiger partial charge in [-0.25, -0.2) is 0 Å². The van der Waals surface area contributed by atoms with Crippen LogP contribution in [0.1, 0.15) is 29.2 Å². The highest BCUT2D eigenvalue weighted by Gasteiger charge is 2.16. The predicted octanol–water partition coefficient (Wildman–Crippen LogP) is 5.53. The van der Waals surface area contributed by atoms with E-state index in [-0.39, 0.29) is 24.4 Å². The van der Waals surface area contributed by atoms with Crippen molar-refractivity contribution in [3.05, 3.63) is 111 Å². The van der Waals surface area contributed by atoms with Crippen LogP contribution in [0.3, 0.4) is 0 Å². The fourth-order valence-corrected chi connectivity index (χ4v) is 3.71. The summed E-state index contributed by atoms with van der Waals surface area (Å²) in [5.74, 6) is 1.15. The van der Waals surface area contributed by atoms with Crippen LogP contribution in [0.15, 0.2) is 78.9 Å². The molecule has 39 heavy (non-hydrogen) atoms. The number of nitro groups is 1. The van der Waals surface area contributed by atoms with Crippen molar-refractivity contribution >= 4 is 17.7 Å². The van der Waals surface area contributed by atoms with E-state index in [1.165, 1.54) is 18.2 Å². The Bertz CT molecular complexity index is 1390. The number of nitrogens with one attached hydrogen (secondary N) is 1. The van der Waals surface area contributed by atoms with Gasteiger partial charge >= 0.3 is 0 Å². The third-order valence-electron chi connectivity index (χ3n) is 5.64. The molecule has 0 radical (unpaired) electrons. The molecular formula is C30H29N3O6. The molecule has 0 bridgehead atoms. The summed E-state index contributed by atoms with van der Waals surface area (Å²) in [5.41, 5.74) is 2.89. The summed E-state index contributed by atoms with van der Waals surface area (Å²) in [6.07, 6.45) is 3.66. The number of methoxy groups -OCH3 is 1. The molecule has 0 aliphatic carbocycles. The number of carbonyl (C=O) groups excluding carboxylic acids is 1. The smallest absolute Gasteiger partial charge is 0.269 e. The molecule has 0 atom stereocenters. The van der Waals surface area contributed by atoms with Crippen LogP contribution in [0.4, 0.5) is 5.69 Å². The third kappa shape index (κ3) is 7.94. The van der Waals surface area contributed by atoms with Gasteiger partial charge in [0.15, 0.2) is 11.5 Å². The lowest BCUT2D eigenvalue weighted by molar-refractivity contribution is -0.384. The summed E-state index contributed by atoms with van der Waals surface area (Å²) >= 11 is 0. The highest BCUT2D eigenvalue weighted by atomic mass is 16.6. The van der Waals surface area contributed by atoms with Gasteiger partial charge in [0.05, 0.1) is 18.6 Å². The minimum Gasteiger partial charge on any atom is -0.497 e. The zero-order valence-corrected chi connectivity index (χ0v) is 21.8. The van der Waals surface area contributed by atoms with Gasteiger partial charge in [0, 0.05) is 24.2 Å². The van der Waals surface area contributed by atoms with Crippen LogP contribution in [0.25, 0.3) is 6.08 Å². The molecule has 3 aromatic rings. The van der Waals surface area contributed by atoms with E-state index in [0.717, 1.165) is 16.7 Å². The van der Waals surface area contributed by atoms with E-state index < -0.39 is 10.8 Å². The van der Waals surface area contributed by atoms with Crippen LogP contribution in [0, 0.1) is 21.4 Å². The number of nitrogens with zero attached hydrogens (tertiary/aromatic N) is 2. The first kappa shape index (κ1) is 28.5. The summed E-state index contributed by atoms with van der Waals surface area (Å²) in [6, 6.07) is 18.8. The van der Waals surface area contributed by atoms with Crippen LogP contribution >= 0.6 is 0 Å². The molecule has 0 saturated carbocycles. The molecule has 3 aromatic carbocycles. The first-order chi connectivity index (χ1) is 18.9. The van der Waals surface area contributed by atoms with Gasteiger partial charge in [0.2, 0.25) is 0 Å². The minimum atomic E-state index is -0.505. The molecule has 0 aliphatic rings. The largest absolute Gasteiger partial charge is 0.497 e. The summed E-state index contributed by atoms with van der Waals surface area (Å²) in [4.78, 5) is 23.2. The van der Waals surface area contributed by atoms with Gasteiger partial charge in [-0.05, 0) is 72.5 Å². The van der Waals surface area contributed by atoms with E-state index in [1.54, 1.807) is 43.5 Å². The Labute approximate surface area is 227 Å². The molecule has 0 fully saturated rings. The standard InChI is InChI=1S/C30H29N3O6/c1-4-6-24-15-23(16-25(18-31)30(34)32-19-21-9-13-27(37-3)14-10-21)17-28(38-5-2)29(24)39-20-22-7-11-26(12-8-22)33(35)36/h4,7-17H,1,5-6,19-20H2,2-3H3,(H,32,34)/b25-16-. The van der Waals surface area contributed by atoms with Crippen LogP contribution in [-0.4, -0.2) is 24.5 Å². The van der Waals surface area contributed by atoms with E-state index in [4.69, 9.17) is 14.2 Å². The highest BCUT2D eigenvalue weighted by molar-refractivity contribution is 6.01. The van der Waals surface area contributed by atoms with Crippen LogP contribution in [0.2, 0.25) is 0 Å². The van der Waals surface area contributed by atoms with Gasteiger partial charge in [-0.1, -0.05) is 18.2 Å². The Balaban J connectivity index is 1.83. The molecule has 0 aliphatic heterocycles. The third-order valence-corrected chi connectivity index (χ3v) is 5.64. The second-order valence-corrected chi connectivity index (χ2v) is 8.35. The molecule has 1 amide bonds. The molecular weight excluding hydrogens is 498 g/mol. The molecule has 0 spiro atoms. The molecule has 200 valence electrons. The predicted molar refractivity (Wildman–Crippen MR) is 147 cm³/mol. The van der Waals surface area contributed by atoms with E-state index in [1.807, 2.05) is 31.2 Å². The Morgan fingerprint density at radius 2 is 1.79 bits per heavy atom. The first-order valence-corrected chi connectivity index (χ1v) is 12.2. The maximum Gasteiger partial charge on any atom is 0.269 e. The zero-order chi connectivity index (χ0) is 28.2. The molecule has 0 unspecified atom stereocenters. The topological polar surface area (TPSA) is 124 Å². The van der Waals surface area contributed by atoms with Crippen LogP contribution in [0.5, 0.6) is 17.2 Å².